The van der Waals surface area contributed by atoms with Gasteiger partial charge in [0, 0.05) is 18.5 Å². The summed E-state index contributed by atoms with van der Waals surface area (Å²) in [5, 5.41) is 5.51. The number of hydrogen-bond acceptors (Lipinski definition) is 11. The van der Waals surface area contributed by atoms with Crippen LogP contribution in [0.3, 0.4) is 0 Å². The number of nitrogens with zero attached hydrogens (tertiary/aromatic N) is 3. The van der Waals surface area contributed by atoms with Gasteiger partial charge < -0.3 is 22.1 Å². The number of rotatable bonds is 7. The van der Waals surface area contributed by atoms with Crippen LogP contribution >= 0.6 is 0 Å². The summed E-state index contributed by atoms with van der Waals surface area (Å²) in [7, 11) is -9.32. The van der Waals surface area contributed by atoms with Crippen LogP contribution in [-0.4, -0.2) is 54.0 Å². The maximum Gasteiger partial charge on any atom is 0.295 e. The molecule has 15 heteroatoms. The van der Waals surface area contributed by atoms with E-state index in [1.165, 1.54) is 12.1 Å². The number of nitrogen functional groups attached to an aromatic ring is 1. The molecule has 1 heterocycles. The van der Waals surface area contributed by atoms with E-state index >= 15 is 0 Å². The van der Waals surface area contributed by atoms with Gasteiger partial charge in [-0.05, 0) is 23.6 Å². The highest BCUT2D eigenvalue weighted by Gasteiger charge is 2.21. The van der Waals surface area contributed by atoms with Crippen LogP contribution < -0.4 is 22.1 Å². The largest absolute Gasteiger partial charge is 0.368 e. The highest BCUT2D eigenvalue weighted by molar-refractivity contribution is 7.86. The van der Waals surface area contributed by atoms with E-state index in [1.54, 1.807) is 0 Å². The first-order valence-electron chi connectivity index (χ1n) is 8.23. The molecule has 0 aliphatic rings. The Morgan fingerprint density at radius 1 is 0.967 bits per heavy atom. The molecule has 0 aliphatic carbocycles. The molecule has 30 heavy (non-hydrogen) atoms. The number of fused-ring (bicyclic) bond motifs is 1. The van der Waals surface area contributed by atoms with Crippen molar-refractivity contribution in [3.63, 3.8) is 0 Å². The zero-order valence-corrected chi connectivity index (χ0v) is 16.8. The van der Waals surface area contributed by atoms with E-state index in [0.717, 1.165) is 18.2 Å². The van der Waals surface area contributed by atoms with E-state index in [9.17, 15) is 25.9 Å². The first-order valence-corrected chi connectivity index (χ1v) is 11.1. The Kier molecular flexibility index (Phi) is 5.73. The van der Waals surface area contributed by atoms with Gasteiger partial charge >= 0.3 is 0 Å². The van der Waals surface area contributed by atoms with Crippen molar-refractivity contribution in [3.05, 3.63) is 30.3 Å². The van der Waals surface area contributed by atoms with Crippen LogP contribution in [0.5, 0.6) is 0 Å². The van der Waals surface area contributed by atoms with Gasteiger partial charge in [0.05, 0.1) is 10.6 Å². The lowest BCUT2D eigenvalue weighted by atomic mass is 10.1. The summed E-state index contributed by atoms with van der Waals surface area (Å²) in [6.07, 6.45) is 0. The molecule has 0 fully saturated rings. The maximum atomic E-state index is 11.8. The van der Waals surface area contributed by atoms with E-state index in [-0.39, 0.29) is 40.8 Å². The Hall–Kier alpha value is -3.11. The summed E-state index contributed by atoms with van der Waals surface area (Å²) in [5.41, 5.74) is 10.9. The van der Waals surface area contributed by atoms with Crippen molar-refractivity contribution in [1.29, 1.82) is 0 Å². The van der Waals surface area contributed by atoms with Crippen LogP contribution in [0.15, 0.2) is 40.1 Å². The second-order valence-electron chi connectivity index (χ2n) is 5.96. The molecule has 13 nitrogen and oxygen atoms in total. The van der Waals surface area contributed by atoms with Gasteiger partial charge in [-0.2, -0.15) is 31.8 Å². The van der Waals surface area contributed by atoms with E-state index in [1.807, 2.05) is 0 Å². The summed E-state index contributed by atoms with van der Waals surface area (Å²) in [6.45, 7) is 0.615. The quantitative estimate of drug-likeness (QED) is 0.262. The van der Waals surface area contributed by atoms with E-state index in [2.05, 4.69) is 25.6 Å². The van der Waals surface area contributed by atoms with Gasteiger partial charge in [0.1, 0.15) is 4.90 Å². The summed E-state index contributed by atoms with van der Waals surface area (Å²) in [5.74, 6) is -0.265. The van der Waals surface area contributed by atoms with Crippen LogP contribution in [0.25, 0.3) is 10.8 Å². The lowest BCUT2D eigenvalue weighted by Gasteiger charge is -2.14. The van der Waals surface area contributed by atoms with Crippen LogP contribution in [0.4, 0.5) is 23.5 Å². The molecule has 0 bridgehead atoms. The Balaban J connectivity index is 2.25. The van der Waals surface area contributed by atoms with Crippen molar-refractivity contribution in [2.45, 2.75) is 9.79 Å². The van der Waals surface area contributed by atoms with E-state index < -0.39 is 30.0 Å². The molecule has 0 amide bonds. The number of nitrogens with one attached hydrogen (secondary N) is 2. The lowest BCUT2D eigenvalue weighted by Crippen LogP contribution is -2.16. The van der Waals surface area contributed by atoms with Crippen LogP contribution in [-0.2, 0) is 20.2 Å². The molecule has 0 aliphatic heterocycles. The number of anilines is 4. The summed E-state index contributed by atoms with van der Waals surface area (Å²) in [4.78, 5) is 10.8. The van der Waals surface area contributed by atoms with Crippen molar-refractivity contribution in [2.75, 3.05) is 29.5 Å². The second-order valence-corrected chi connectivity index (χ2v) is 8.77. The van der Waals surface area contributed by atoms with Crippen LogP contribution in [0.2, 0.25) is 0 Å². The van der Waals surface area contributed by atoms with Crippen molar-refractivity contribution in [3.8, 4) is 0 Å². The van der Waals surface area contributed by atoms with Gasteiger partial charge in [0.25, 0.3) is 20.2 Å². The molecule has 160 valence electrons. The van der Waals surface area contributed by atoms with Gasteiger partial charge in [-0.25, -0.2) is 0 Å². The Bertz CT molecular complexity index is 1330. The molecule has 2 aromatic carbocycles. The van der Waals surface area contributed by atoms with Gasteiger partial charge in [0.2, 0.25) is 17.8 Å². The minimum atomic E-state index is -4.68. The zero-order valence-electron chi connectivity index (χ0n) is 15.1. The van der Waals surface area contributed by atoms with Gasteiger partial charge in [-0.3, -0.25) is 9.11 Å². The third-order valence-corrected chi connectivity index (χ3v) is 5.54. The lowest BCUT2D eigenvalue weighted by molar-refractivity contribution is 0.482. The van der Waals surface area contributed by atoms with Gasteiger partial charge in [-0.1, -0.05) is 12.1 Å². The maximum absolute atomic E-state index is 11.8. The molecular formula is C15H17N7O6S2. The molecule has 8 N–H and O–H groups in total. The molecule has 0 spiro atoms. The van der Waals surface area contributed by atoms with Crippen molar-refractivity contribution in [1.82, 2.24) is 15.0 Å². The fourth-order valence-corrected chi connectivity index (χ4v) is 3.94. The molecular weight excluding hydrogens is 438 g/mol. The fourth-order valence-electron chi connectivity index (χ4n) is 2.66. The van der Waals surface area contributed by atoms with Gasteiger partial charge in [-0.15, -0.1) is 0 Å². The molecule has 0 radical (unpaired) electrons. The van der Waals surface area contributed by atoms with Gasteiger partial charge in [0.15, 0.2) is 0 Å². The predicted molar refractivity (Wildman–Crippen MR) is 109 cm³/mol. The number of aromatic nitrogens is 3. The predicted octanol–water partition coefficient (Wildman–Crippen LogP) is 0.215. The first kappa shape index (κ1) is 21.6. The number of nitrogens with two attached hydrogens (primary N) is 2. The molecule has 1 aromatic heterocycles. The molecule has 3 aromatic rings. The Morgan fingerprint density at radius 2 is 1.67 bits per heavy atom. The highest BCUT2D eigenvalue weighted by atomic mass is 32.2. The average molecular weight is 455 g/mol. The third kappa shape index (κ3) is 4.71. The van der Waals surface area contributed by atoms with E-state index in [0.29, 0.717) is 6.54 Å². The smallest absolute Gasteiger partial charge is 0.295 e. The summed E-state index contributed by atoms with van der Waals surface area (Å²) < 4.78 is 66.0. The Morgan fingerprint density at radius 3 is 2.30 bits per heavy atom. The van der Waals surface area contributed by atoms with E-state index in [4.69, 9.17) is 11.5 Å². The number of hydrogen-bond donors (Lipinski definition) is 6. The fraction of sp³-hybridized carbons (Fsp3) is 0.133. The third-order valence-electron chi connectivity index (χ3n) is 3.81. The van der Waals surface area contributed by atoms with Crippen molar-refractivity contribution < 1.29 is 25.9 Å². The molecule has 0 saturated heterocycles. The molecule has 0 saturated carbocycles. The monoisotopic (exact) mass is 455 g/mol. The zero-order chi connectivity index (χ0) is 22.1. The number of benzene rings is 2. The summed E-state index contributed by atoms with van der Waals surface area (Å²) in [6, 6.07) is 5.87. The molecule has 3 rings (SSSR count). The SMILES string of the molecule is NCCNc1nc(N)nc(Nc2cc(S(=O)(=O)O)cc3cccc(S(=O)(=O)O)c23)n1. The van der Waals surface area contributed by atoms with Crippen LogP contribution in [0, 0.1) is 0 Å². The normalized spacial score (nSPS) is 12.1. The Labute approximate surface area is 171 Å². The summed E-state index contributed by atoms with van der Waals surface area (Å²) >= 11 is 0. The topological polar surface area (TPSA) is 224 Å². The average Bonchev–Trinajstić information content (AvgIpc) is 2.63. The standard InChI is InChI=1S/C15H17N7O6S2/c16-4-5-18-14-20-13(17)21-15(22-14)19-10-7-9(29(23,24)25)6-8-2-1-3-11(12(8)10)30(26,27)28/h1-3,6-7H,4-5,16H2,(H,23,24,25)(H,26,27,28)(H4,17,18,19,20,21,22). The van der Waals surface area contributed by atoms with Crippen molar-refractivity contribution >= 4 is 54.5 Å². The highest BCUT2D eigenvalue weighted by Crippen LogP contribution is 2.34. The minimum Gasteiger partial charge on any atom is -0.368 e. The van der Waals surface area contributed by atoms with Crippen LogP contribution in [0.1, 0.15) is 0 Å². The first-order chi connectivity index (χ1) is 14.0. The minimum absolute atomic E-state index is 0.0529. The molecule has 0 atom stereocenters. The van der Waals surface area contributed by atoms with Crippen molar-refractivity contribution in [2.24, 2.45) is 5.73 Å². The molecule has 0 unspecified atom stereocenters. The second kappa shape index (κ2) is 7.96.